The van der Waals surface area contributed by atoms with E-state index in [4.69, 9.17) is 18.6 Å². The molecule has 0 fully saturated rings. The zero-order valence-electron chi connectivity index (χ0n) is 23.5. The maximum atomic E-state index is 12.6. The number of nitrogens with zero attached hydrogens (tertiary/aromatic N) is 1. The molecule has 1 atom stereocenters. The second-order valence-electron chi connectivity index (χ2n) is 9.12. The fraction of sp³-hybridized carbons (Fsp3) is 0.233. The lowest BCUT2D eigenvalue weighted by Gasteiger charge is -2.28. The number of ether oxygens (including phenoxy) is 3. The van der Waals surface area contributed by atoms with Gasteiger partial charge in [-0.1, -0.05) is 30.3 Å². The van der Waals surface area contributed by atoms with Gasteiger partial charge in [-0.2, -0.15) is 5.10 Å². The number of hydrazone groups is 1. The van der Waals surface area contributed by atoms with Crippen LogP contribution in [0, 0.1) is 0 Å². The highest BCUT2D eigenvalue weighted by Gasteiger charge is 2.32. The Morgan fingerprint density at radius 1 is 1.07 bits per heavy atom. The van der Waals surface area contributed by atoms with Crippen LogP contribution in [0.5, 0.6) is 11.5 Å². The molecule has 1 aromatic heterocycles. The SMILES string of the molecule is CCOC(=O)C1=C(C)NC(=O)N[C@H]1c1ccc(OCC(=O)N/N=C/c2ccc(-c3ccc(C(C)=O)cc3)o2)c(OC)c1. The van der Waals surface area contributed by atoms with Gasteiger partial charge in [0.15, 0.2) is 23.9 Å². The van der Waals surface area contributed by atoms with Gasteiger partial charge in [0.25, 0.3) is 5.91 Å². The van der Waals surface area contributed by atoms with E-state index < -0.39 is 23.9 Å². The smallest absolute Gasteiger partial charge is 0.338 e. The first-order chi connectivity index (χ1) is 20.2. The van der Waals surface area contributed by atoms with E-state index in [1.165, 1.54) is 20.2 Å². The molecule has 1 aliphatic heterocycles. The number of rotatable bonds is 11. The van der Waals surface area contributed by atoms with Gasteiger partial charge >= 0.3 is 12.0 Å². The first-order valence-corrected chi connectivity index (χ1v) is 13.0. The minimum atomic E-state index is -0.777. The molecule has 218 valence electrons. The summed E-state index contributed by atoms with van der Waals surface area (Å²) in [6, 6.07) is 14.1. The van der Waals surface area contributed by atoms with E-state index >= 15 is 0 Å². The number of hydrogen-bond acceptors (Lipinski definition) is 9. The molecule has 0 spiro atoms. The number of urea groups is 1. The van der Waals surface area contributed by atoms with Gasteiger partial charge in [-0.3, -0.25) is 9.59 Å². The number of allylic oxidation sites excluding steroid dienone is 1. The van der Waals surface area contributed by atoms with Crippen LogP contribution in [0.25, 0.3) is 11.3 Å². The lowest BCUT2D eigenvalue weighted by atomic mass is 9.95. The lowest BCUT2D eigenvalue weighted by Crippen LogP contribution is -2.45. The molecule has 0 saturated carbocycles. The van der Waals surface area contributed by atoms with Crippen LogP contribution < -0.4 is 25.5 Å². The van der Waals surface area contributed by atoms with E-state index in [1.54, 1.807) is 68.4 Å². The molecule has 12 heteroatoms. The van der Waals surface area contributed by atoms with Crippen molar-refractivity contribution in [3.8, 4) is 22.8 Å². The number of amides is 3. The Bertz CT molecular complexity index is 1560. The predicted octanol–water partition coefficient (Wildman–Crippen LogP) is 3.88. The quantitative estimate of drug-likeness (QED) is 0.135. The van der Waals surface area contributed by atoms with Crippen molar-refractivity contribution >= 4 is 29.9 Å². The third kappa shape index (κ3) is 7.02. The van der Waals surface area contributed by atoms with E-state index in [9.17, 15) is 19.2 Å². The Hall–Kier alpha value is -5.39. The number of ketones is 1. The number of methoxy groups -OCH3 is 1. The molecule has 12 nitrogen and oxygen atoms in total. The molecule has 0 unspecified atom stereocenters. The molecule has 4 rings (SSSR count). The molecule has 3 aromatic rings. The summed E-state index contributed by atoms with van der Waals surface area (Å²) in [5.41, 5.74) is 4.97. The van der Waals surface area contributed by atoms with Crippen molar-refractivity contribution in [3.05, 3.63) is 82.8 Å². The molecule has 3 amide bonds. The summed E-state index contributed by atoms with van der Waals surface area (Å²) in [5.74, 6) is 0.447. The minimum absolute atomic E-state index is 0.0201. The van der Waals surface area contributed by atoms with Crippen LogP contribution in [-0.2, 0) is 14.3 Å². The molecule has 0 saturated heterocycles. The topological polar surface area (TPSA) is 158 Å². The molecule has 2 aromatic carbocycles. The van der Waals surface area contributed by atoms with Crippen LogP contribution in [-0.4, -0.2) is 50.2 Å². The van der Waals surface area contributed by atoms with E-state index in [0.29, 0.717) is 28.3 Å². The maximum absolute atomic E-state index is 12.6. The third-order valence-corrected chi connectivity index (χ3v) is 6.23. The van der Waals surface area contributed by atoms with Crippen LogP contribution in [0.4, 0.5) is 4.79 Å². The lowest BCUT2D eigenvalue weighted by molar-refractivity contribution is -0.139. The molecular formula is C30H30N4O8. The number of carbonyl (C=O) groups excluding carboxylic acids is 4. The normalized spacial score (nSPS) is 14.7. The first-order valence-electron chi connectivity index (χ1n) is 13.0. The molecule has 0 bridgehead atoms. The van der Waals surface area contributed by atoms with Gasteiger partial charge in [-0.25, -0.2) is 15.0 Å². The zero-order chi connectivity index (χ0) is 30.2. The molecule has 0 radical (unpaired) electrons. The number of hydrogen-bond donors (Lipinski definition) is 3. The summed E-state index contributed by atoms with van der Waals surface area (Å²) in [6.45, 7) is 4.63. The van der Waals surface area contributed by atoms with Crippen LogP contribution >= 0.6 is 0 Å². The summed E-state index contributed by atoms with van der Waals surface area (Å²) < 4.78 is 21.9. The summed E-state index contributed by atoms with van der Waals surface area (Å²) in [5, 5.41) is 9.21. The largest absolute Gasteiger partial charge is 0.493 e. The zero-order valence-corrected chi connectivity index (χ0v) is 23.5. The van der Waals surface area contributed by atoms with Crippen molar-refractivity contribution in [2.24, 2.45) is 5.10 Å². The van der Waals surface area contributed by atoms with Crippen molar-refractivity contribution in [3.63, 3.8) is 0 Å². The van der Waals surface area contributed by atoms with Crippen LogP contribution in [0.3, 0.4) is 0 Å². The predicted molar refractivity (Wildman–Crippen MR) is 152 cm³/mol. The van der Waals surface area contributed by atoms with Gasteiger partial charge in [0.2, 0.25) is 0 Å². The fourth-order valence-electron chi connectivity index (χ4n) is 4.20. The number of nitrogens with one attached hydrogen (secondary N) is 3. The Labute approximate surface area is 241 Å². The number of benzene rings is 2. The molecule has 3 N–H and O–H groups in total. The minimum Gasteiger partial charge on any atom is -0.493 e. The van der Waals surface area contributed by atoms with Crippen LogP contribution in [0.2, 0.25) is 0 Å². The van der Waals surface area contributed by atoms with Gasteiger partial charge in [-0.05, 0) is 50.6 Å². The second-order valence-corrected chi connectivity index (χ2v) is 9.12. The first kappa shape index (κ1) is 29.6. The third-order valence-electron chi connectivity index (χ3n) is 6.23. The van der Waals surface area contributed by atoms with Gasteiger partial charge < -0.3 is 29.3 Å². The average molecular weight is 575 g/mol. The number of carbonyl (C=O) groups is 4. The highest BCUT2D eigenvalue weighted by molar-refractivity contribution is 5.95. The Morgan fingerprint density at radius 2 is 1.83 bits per heavy atom. The molecule has 42 heavy (non-hydrogen) atoms. The summed E-state index contributed by atoms with van der Waals surface area (Å²) in [4.78, 5) is 48.5. The van der Waals surface area contributed by atoms with E-state index in [0.717, 1.165) is 5.56 Å². The van der Waals surface area contributed by atoms with Gasteiger partial charge in [-0.15, -0.1) is 0 Å². The number of furan rings is 1. The Morgan fingerprint density at radius 3 is 2.52 bits per heavy atom. The molecule has 0 aliphatic carbocycles. The standard InChI is InChI=1S/C30H30N4O8/c1-5-40-29(37)27-17(2)32-30(38)33-28(27)21-10-12-24(25(14-21)39-4)41-16-26(36)34-31-15-22-11-13-23(42-22)20-8-6-19(7-9-20)18(3)35/h6-15,28H,5,16H2,1-4H3,(H,34,36)(H2,32,33,38)/b31-15+/t28-/m0/s1. The van der Waals surface area contributed by atoms with E-state index in [2.05, 4.69) is 21.2 Å². The molecule has 1 aliphatic rings. The molecular weight excluding hydrogens is 544 g/mol. The molecule has 2 heterocycles. The average Bonchev–Trinajstić information content (AvgIpc) is 3.44. The van der Waals surface area contributed by atoms with Crippen molar-refractivity contribution in [2.75, 3.05) is 20.3 Å². The van der Waals surface area contributed by atoms with Gasteiger partial charge in [0.05, 0.1) is 31.5 Å². The van der Waals surface area contributed by atoms with E-state index in [-0.39, 0.29) is 36.1 Å². The number of esters is 1. The van der Waals surface area contributed by atoms with E-state index in [1.807, 2.05) is 0 Å². The second kappa shape index (κ2) is 13.3. The summed E-state index contributed by atoms with van der Waals surface area (Å²) in [6.07, 6.45) is 1.35. The highest BCUT2D eigenvalue weighted by atomic mass is 16.5. The highest BCUT2D eigenvalue weighted by Crippen LogP contribution is 2.34. The summed E-state index contributed by atoms with van der Waals surface area (Å²) >= 11 is 0. The Balaban J connectivity index is 1.36. The van der Waals surface area contributed by atoms with Gasteiger partial charge in [0.1, 0.15) is 11.5 Å². The summed E-state index contributed by atoms with van der Waals surface area (Å²) in [7, 11) is 1.43. The van der Waals surface area contributed by atoms with Crippen molar-refractivity contribution in [1.29, 1.82) is 0 Å². The van der Waals surface area contributed by atoms with Crippen molar-refractivity contribution in [2.45, 2.75) is 26.8 Å². The number of Topliss-reactive ketones (excluding diaryl/α,β-unsaturated/α-hetero) is 1. The van der Waals surface area contributed by atoms with Crippen molar-refractivity contribution < 1.29 is 37.8 Å². The van der Waals surface area contributed by atoms with Gasteiger partial charge in [0, 0.05) is 16.8 Å². The van der Waals surface area contributed by atoms with Crippen LogP contribution in [0.1, 0.15) is 48.5 Å². The maximum Gasteiger partial charge on any atom is 0.338 e. The monoisotopic (exact) mass is 574 g/mol. The van der Waals surface area contributed by atoms with Crippen molar-refractivity contribution in [1.82, 2.24) is 16.1 Å². The Kier molecular flexibility index (Phi) is 9.38. The van der Waals surface area contributed by atoms with Crippen LogP contribution in [0.15, 0.2) is 75.4 Å². The fourth-order valence-corrected chi connectivity index (χ4v) is 4.20.